The van der Waals surface area contributed by atoms with Gasteiger partial charge in [-0.25, -0.2) is 13.1 Å². The van der Waals surface area contributed by atoms with Crippen LogP contribution in [0.3, 0.4) is 0 Å². The van der Waals surface area contributed by atoms with Crippen LogP contribution in [-0.4, -0.2) is 63.2 Å². The second-order valence-electron chi connectivity index (χ2n) is 15.4. The summed E-state index contributed by atoms with van der Waals surface area (Å²) in [5.41, 5.74) is 3.24. The van der Waals surface area contributed by atoms with Gasteiger partial charge in [-0.1, -0.05) is 56.2 Å². The van der Waals surface area contributed by atoms with Crippen LogP contribution >= 0.6 is 11.6 Å². The number of amides is 1. The molecule has 51 heavy (non-hydrogen) atoms. The Morgan fingerprint density at radius 1 is 1.20 bits per heavy atom. The second-order valence-corrected chi connectivity index (χ2v) is 17.7. The molecule has 2 aliphatic carbocycles. The molecule has 0 aromatic heterocycles. The van der Waals surface area contributed by atoms with Crippen molar-refractivity contribution >= 4 is 33.2 Å². The minimum Gasteiger partial charge on any atom is -0.490 e. The van der Waals surface area contributed by atoms with E-state index in [4.69, 9.17) is 21.1 Å². The van der Waals surface area contributed by atoms with Gasteiger partial charge in [0.2, 0.25) is 10.0 Å². The molecule has 6 rings (SSSR count). The molecule has 0 unspecified atom stereocenters. The third-order valence-corrected chi connectivity index (χ3v) is 13.9. The Morgan fingerprint density at radius 3 is 2.76 bits per heavy atom. The molecule has 7 atom stereocenters. The van der Waals surface area contributed by atoms with Gasteiger partial charge in [-0.3, -0.25) is 4.79 Å². The third kappa shape index (κ3) is 8.53. The lowest BCUT2D eigenvalue weighted by atomic mass is 9.68. The molecule has 0 radical (unpaired) electrons. The van der Waals surface area contributed by atoms with E-state index >= 15 is 0 Å². The Kier molecular flexibility index (Phi) is 12.2. The normalized spacial score (nSPS) is 26.4. The summed E-state index contributed by atoms with van der Waals surface area (Å²) in [6.45, 7) is 10.3. The maximum Gasteiger partial charge on any atom is 0.264 e. The van der Waals surface area contributed by atoms with Crippen molar-refractivity contribution < 1.29 is 27.8 Å². The predicted molar refractivity (Wildman–Crippen MR) is 204 cm³/mol. The van der Waals surface area contributed by atoms with Gasteiger partial charge in [0.1, 0.15) is 5.75 Å². The van der Waals surface area contributed by atoms with E-state index in [1.54, 1.807) is 24.3 Å². The van der Waals surface area contributed by atoms with Gasteiger partial charge in [-0.2, -0.15) is 0 Å². The highest BCUT2D eigenvalue weighted by molar-refractivity contribution is 7.90. The number of aryl methyl sites for hydroxylation is 1. The Morgan fingerprint density at radius 2 is 2.04 bits per heavy atom. The number of anilines is 1. The van der Waals surface area contributed by atoms with E-state index in [0.29, 0.717) is 44.9 Å². The number of hydrogen-bond donors (Lipinski definition) is 2. The van der Waals surface area contributed by atoms with Crippen molar-refractivity contribution in [2.75, 3.05) is 31.2 Å². The van der Waals surface area contributed by atoms with E-state index in [2.05, 4.69) is 41.3 Å². The molecule has 2 aliphatic heterocycles. The number of halogens is 1. The fourth-order valence-electron chi connectivity index (χ4n) is 8.79. The highest BCUT2D eigenvalue weighted by Gasteiger charge is 2.44. The summed E-state index contributed by atoms with van der Waals surface area (Å²) in [5.74, 6) is 0.178. The first-order chi connectivity index (χ1) is 24.5. The summed E-state index contributed by atoms with van der Waals surface area (Å²) < 4.78 is 42.6. The van der Waals surface area contributed by atoms with E-state index in [0.717, 1.165) is 68.5 Å². The van der Waals surface area contributed by atoms with Gasteiger partial charge in [0.05, 0.1) is 29.8 Å². The number of carbonyl (C=O) groups is 1. The van der Waals surface area contributed by atoms with E-state index in [1.807, 2.05) is 19.1 Å². The fourth-order valence-corrected chi connectivity index (χ4v) is 10.7. The average molecular weight is 739 g/mol. The number of nitrogens with one attached hydrogen (secondary N) is 1. The summed E-state index contributed by atoms with van der Waals surface area (Å²) >= 11 is 6.45. The maximum absolute atomic E-state index is 13.9. The summed E-state index contributed by atoms with van der Waals surface area (Å²) in [7, 11) is -4.04. The number of aliphatic hydroxyl groups is 1. The average Bonchev–Trinajstić information content (AvgIpc) is 3.56. The molecule has 1 saturated heterocycles. The van der Waals surface area contributed by atoms with Crippen LogP contribution in [0.1, 0.15) is 99.5 Å². The number of nitrogens with zero attached hydrogens (tertiary/aromatic N) is 1. The molecular weight excluding hydrogens is 684 g/mol. The Balaban J connectivity index is 1.30. The molecule has 2 heterocycles. The number of ether oxygens (including phenoxy) is 2. The van der Waals surface area contributed by atoms with Gasteiger partial charge >= 0.3 is 0 Å². The Hall–Kier alpha value is -2.85. The molecule has 2 aromatic carbocycles. The molecule has 4 aliphatic rings. The van der Waals surface area contributed by atoms with E-state index in [1.165, 1.54) is 11.1 Å². The van der Waals surface area contributed by atoms with Gasteiger partial charge in [0.25, 0.3) is 5.91 Å². The fraction of sp³-hybridized carbons (Fsp3) is 0.585. The number of unbranched alkanes of at least 4 members (excludes halogenated alkanes) is 1. The number of rotatable bonds is 14. The van der Waals surface area contributed by atoms with Crippen molar-refractivity contribution in [3.05, 3.63) is 82.9 Å². The third-order valence-electron chi connectivity index (χ3n) is 11.8. The minimum atomic E-state index is -4.04. The molecule has 1 amide bonds. The van der Waals surface area contributed by atoms with Crippen LogP contribution in [0.15, 0.2) is 61.2 Å². The Labute approximate surface area is 309 Å². The van der Waals surface area contributed by atoms with Crippen molar-refractivity contribution in [3.63, 3.8) is 0 Å². The zero-order chi connectivity index (χ0) is 36.2. The van der Waals surface area contributed by atoms with Gasteiger partial charge < -0.3 is 19.5 Å². The lowest BCUT2D eigenvalue weighted by Gasteiger charge is -2.45. The second kappa shape index (κ2) is 16.4. The predicted octanol–water partition coefficient (Wildman–Crippen LogP) is 7.77. The summed E-state index contributed by atoms with van der Waals surface area (Å²) in [4.78, 5) is 16.2. The first kappa shape index (κ1) is 37.9. The van der Waals surface area contributed by atoms with Gasteiger partial charge in [-0.05, 0) is 123 Å². The SMILES string of the molecule is C=CC[C@@H](C)[C@@H](C[C@H]1CCCO1)S(=O)(=O)NC(=O)c1ccc2c(c1)N(C[C@@H]1CC[C@H]1[C@@H](O)/C=C/CCC)C[C@@]1(CCCc3cc(Cl)ccc31)CO2. The smallest absolute Gasteiger partial charge is 0.264 e. The summed E-state index contributed by atoms with van der Waals surface area (Å²) in [6.07, 6.45) is 14.6. The van der Waals surface area contributed by atoms with Gasteiger partial charge in [-0.15, -0.1) is 6.58 Å². The van der Waals surface area contributed by atoms with Crippen LogP contribution in [0.5, 0.6) is 5.75 Å². The number of fused-ring (bicyclic) bond motifs is 3. The number of sulfonamides is 1. The summed E-state index contributed by atoms with van der Waals surface area (Å²) in [6, 6.07) is 11.4. The molecule has 10 heteroatoms. The first-order valence-corrected chi connectivity index (χ1v) is 20.9. The van der Waals surface area contributed by atoms with Gasteiger partial charge in [0, 0.05) is 35.7 Å². The highest BCUT2D eigenvalue weighted by atomic mass is 35.5. The number of aliphatic hydroxyl groups excluding tert-OH is 1. The van der Waals surface area contributed by atoms with Crippen LogP contribution in [0, 0.1) is 17.8 Å². The molecule has 1 spiro atoms. The molecule has 2 fully saturated rings. The van der Waals surface area contributed by atoms with E-state index in [9.17, 15) is 18.3 Å². The summed E-state index contributed by atoms with van der Waals surface area (Å²) in [5, 5.41) is 11.0. The van der Waals surface area contributed by atoms with Crippen LogP contribution < -0.4 is 14.4 Å². The zero-order valence-corrected chi connectivity index (χ0v) is 31.8. The van der Waals surface area contributed by atoms with Crippen LogP contribution in [0.4, 0.5) is 5.69 Å². The van der Waals surface area contributed by atoms with Crippen LogP contribution in [-0.2, 0) is 26.6 Å². The zero-order valence-electron chi connectivity index (χ0n) is 30.2. The first-order valence-electron chi connectivity index (χ1n) is 19.0. The molecular formula is C41H55ClN2O6S. The quantitative estimate of drug-likeness (QED) is 0.191. The minimum absolute atomic E-state index is 0.142. The number of allylic oxidation sites excluding steroid dienone is 2. The standard InChI is InChI=1S/C41H55ClN2O6S/c1-4-6-7-13-37(45)34-17-14-31(34)25-44-26-41(20-8-11-29-22-32(42)16-18-35(29)41)27-50-38-19-15-30(23-36(38)44)40(46)43-51(47,48)39(28(3)10-5-2)24-33-12-9-21-49-33/h5,7,13,15-16,18-19,22-23,28,31,33-34,37,39,45H,2,4,6,8-12,14,17,20-21,24-27H2,1,3H3,(H,43,46)/b13-7+/t28-,31+,33-,34-,37+,39-,41+/m1/s1. The lowest BCUT2D eigenvalue weighted by molar-refractivity contribution is 0.0456. The van der Waals surface area contributed by atoms with Crippen molar-refractivity contribution in [1.29, 1.82) is 0 Å². The monoisotopic (exact) mass is 738 g/mol. The Bertz CT molecular complexity index is 1690. The molecule has 278 valence electrons. The number of hydrogen-bond acceptors (Lipinski definition) is 7. The van der Waals surface area contributed by atoms with Crippen LogP contribution in [0.2, 0.25) is 5.02 Å². The van der Waals surface area contributed by atoms with Crippen molar-refractivity contribution in [1.82, 2.24) is 4.72 Å². The number of carbonyl (C=O) groups excluding carboxylic acids is 1. The van der Waals surface area contributed by atoms with Crippen molar-refractivity contribution in [2.24, 2.45) is 17.8 Å². The topological polar surface area (TPSA) is 105 Å². The van der Waals surface area contributed by atoms with Crippen molar-refractivity contribution in [3.8, 4) is 5.75 Å². The largest absolute Gasteiger partial charge is 0.490 e. The molecule has 2 aromatic rings. The molecule has 1 saturated carbocycles. The molecule has 2 N–H and O–H groups in total. The van der Waals surface area contributed by atoms with Crippen molar-refractivity contribution in [2.45, 2.75) is 107 Å². The van der Waals surface area contributed by atoms with Crippen LogP contribution in [0.25, 0.3) is 0 Å². The maximum atomic E-state index is 13.9. The molecule has 8 nitrogen and oxygen atoms in total. The lowest BCUT2D eigenvalue weighted by Crippen LogP contribution is -2.49. The number of benzene rings is 2. The van der Waals surface area contributed by atoms with E-state index in [-0.39, 0.29) is 34.8 Å². The highest BCUT2D eigenvalue weighted by Crippen LogP contribution is 2.47. The van der Waals surface area contributed by atoms with Gasteiger partial charge in [0.15, 0.2) is 0 Å². The van der Waals surface area contributed by atoms with E-state index < -0.39 is 27.3 Å². The molecule has 0 bridgehead atoms.